The number of aromatic nitrogens is 3. The minimum absolute atomic E-state index is 0.869. The zero-order valence-corrected chi connectivity index (χ0v) is 9.18. The van der Waals surface area contributed by atoms with Crippen LogP contribution >= 0.6 is 15.9 Å². The predicted molar refractivity (Wildman–Crippen MR) is 58.9 cm³/mol. The highest BCUT2D eigenvalue weighted by atomic mass is 79.9. The lowest BCUT2D eigenvalue weighted by Gasteiger charge is -2.02. The van der Waals surface area contributed by atoms with E-state index in [1.807, 2.05) is 30.6 Å². The van der Waals surface area contributed by atoms with Gasteiger partial charge in [0, 0.05) is 23.9 Å². The summed E-state index contributed by atoms with van der Waals surface area (Å²) in [4.78, 5) is 4.25. The molecule has 4 heteroatoms. The first-order chi connectivity index (χ1) is 6.90. The second kappa shape index (κ2) is 4.37. The number of alkyl halides is 1. The molecule has 0 spiro atoms. The Balaban J connectivity index is 2.31. The average molecular weight is 252 g/mol. The van der Waals surface area contributed by atoms with Crippen molar-refractivity contribution in [3.63, 3.8) is 0 Å². The van der Waals surface area contributed by atoms with Crippen molar-refractivity contribution < 1.29 is 0 Å². The van der Waals surface area contributed by atoms with Crippen LogP contribution in [0.1, 0.15) is 5.56 Å². The lowest BCUT2D eigenvalue weighted by atomic mass is 10.2. The van der Waals surface area contributed by atoms with E-state index in [2.05, 4.69) is 26.0 Å². The first kappa shape index (κ1) is 9.40. The Kier molecular flexibility index (Phi) is 2.93. The van der Waals surface area contributed by atoms with E-state index >= 15 is 0 Å². The van der Waals surface area contributed by atoms with Crippen LogP contribution < -0.4 is 0 Å². The standard InChI is InChI=1S/C10H10BrN3/c11-4-2-9-3-6-12-10(8-9)14-7-1-5-13-14/h1,3,5-8H,2,4H2. The third-order valence-electron chi connectivity index (χ3n) is 1.93. The SMILES string of the molecule is BrCCc1ccnc(-n2cccn2)c1. The molecule has 0 N–H and O–H groups in total. The summed E-state index contributed by atoms with van der Waals surface area (Å²) in [7, 11) is 0. The van der Waals surface area contributed by atoms with Gasteiger partial charge in [-0.1, -0.05) is 15.9 Å². The zero-order chi connectivity index (χ0) is 9.80. The van der Waals surface area contributed by atoms with Crippen LogP contribution in [0.3, 0.4) is 0 Å². The van der Waals surface area contributed by atoms with Gasteiger partial charge in [0.2, 0.25) is 0 Å². The van der Waals surface area contributed by atoms with E-state index in [9.17, 15) is 0 Å². The number of nitrogens with zero attached hydrogens (tertiary/aromatic N) is 3. The molecule has 2 rings (SSSR count). The molecule has 0 aliphatic rings. The summed E-state index contributed by atoms with van der Waals surface area (Å²) in [6, 6.07) is 5.96. The van der Waals surface area contributed by atoms with Gasteiger partial charge in [-0.25, -0.2) is 9.67 Å². The third kappa shape index (κ3) is 2.01. The van der Waals surface area contributed by atoms with Crippen molar-refractivity contribution in [3.8, 4) is 5.82 Å². The lowest BCUT2D eigenvalue weighted by molar-refractivity contribution is 0.843. The molecule has 0 aliphatic carbocycles. The van der Waals surface area contributed by atoms with E-state index in [0.29, 0.717) is 0 Å². The van der Waals surface area contributed by atoms with Crippen LogP contribution in [0.15, 0.2) is 36.8 Å². The third-order valence-corrected chi connectivity index (χ3v) is 2.33. The highest BCUT2D eigenvalue weighted by molar-refractivity contribution is 9.09. The molecule has 0 atom stereocenters. The number of halogens is 1. The van der Waals surface area contributed by atoms with Gasteiger partial charge in [-0.2, -0.15) is 5.10 Å². The van der Waals surface area contributed by atoms with E-state index < -0.39 is 0 Å². The van der Waals surface area contributed by atoms with E-state index in [4.69, 9.17) is 0 Å². The van der Waals surface area contributed by atoms with E-state index in [1.165, 1.54) is 5.56 Å². The molecule has 0 aromatic carbocycles. The van der Waals surface area contributed by atoms with Crippen LogP contribution in [0, 0.1) is 0 Å². The van der Waals surface area contributed by atoms with Crippen molar-refractivity contribution in [2.75, 3.05) is 5.33 Å². The van der Waals surface area contributed by atoms with Crippen molar-refractivity contribution in [2.24, 2.45) is 0 Å². The summed E-state index contributed by atoms with van der Waals surface area (Å²) in [6.07, 6.45) is 6.46. The molecule has 0 aliphatic heterocycles. The van der Waals surface area contributed by atoms with Gasteiger partial charge in [0.05, 0.1) is 0 Å². The van der Waals surface area contributed by atoms with Gasteiger partial charge in [-0.3, -0.25) is 0 Å². The van der Waals surface area contributed by atoms with Crippen LogP contribution in [0.2, 0.25) is 0 Å². The monoisotopic (exact) mass is 251 g/mol. The smallest absolute Gasteiger partial charge is 0.153 e. The fourth-order valence-corrected chi connectivity index (χ4v) is 1.71. The fourth-order valence-electron chi connectivity index (χ4n) is 1.25. The first-order valence-corrected chi connectivity index (χ1v) is 5.53. The number of pyridine rings is 1. The Morgan fingerprint density at radius 3 is 3.00 bits per heavy atom. The molecule has 2 aromatic rings. The lowest BCUT2D eigenvalue weighted by Crippen LogP contribution is -1.99. The number of rotatable bonds is 3. The van der Waals surface area contributed by atoms with E-state index in [1.54, 1.807) is 10.9 Å². The number of hydrogen-bond acceptors (Lipinski definition) is 2. The van der Waals surface area contributed by atoms with E-state index in [0.717, 1.165) is 17.6 Å². The fraction of sp³-hybridized carbons (Fsp3) is 0.200. The Labute approximate surface area is 90.9 Å². The summed E-state index contributed by atoms with van der Waals surface area (Å²) in [5.74, 6) is 0.869. The molecular weight excluding hydrogens is 242 g/mol. The van der Waals surface area contributed by atoms with Crippen LogP contribution in [0.5, 0.6) is 0 Å². The molecule has 0 saturated heterocycles. The van der Waals surface area contributed by atoms with Crippen LogP contribution in [0.4, 0.5) is 0 Å². The number of aryl methyl sites for hydroxylation is 1. The molecule has 2 heterocycles. The van der Waals surface area contributed by atoms with Crippen molar-refractivity contribution in [2.45, 2.75) is 6.42 Å². The second-order valence-electron chi connectivity index (χ2n) is 2.91. The van der Waals surface area contributed by atoms with E-state index in [-0.39, 0.29) is 0 Å². The second-order valence-corrected chi connectivity index (χ2v) is 3.70. The molecule has 0 fully saturated rings. The van der Waals surface area contributed by atoms with Gasteiger partial charge in [0.15, 0.2) is 5.82 Å². The molecule has 14 heavy (non-hydrogen) atoms. The van der Waals surface area contributed by atoms with Crippen molar-refractivity contribution in [3.05, 3.63) is 42.4 Å². The molecule has 2 aromatic heterocycles. The summed E-state index contributed by atoms with van der Waals surface area (Å²) in [5.41, 5.74) is 1.27. The highest BCUT2D eigenvalue weighted by Gasteiger charge is 1.98. The first-order valence-electron chi connectivity index (χ1n) is 4.41. The maximum Gasteiger partial charge on any atom is 0.153 e. The quantitative estimate of drug-likeness (QED) is 0.784. The van der Waals surface area contributed by atoms with Crippen molar-refractivity contribution in [1.82, 2.24) is 14.8 Å². The molecule has 0 unspecified atom stereocenters. The van der Waals surface area contributed by atoms with Crippen molar-refractivity contribution >= 4 is 15.9 Å². The Hall–Kier alpha value is -1.16. The largest absolute Gasteiger partial charge is 0.237 e. The van der Waals surface area contributed by atoms with Gasteiger partial charge >= 0.3 is 0 Å². The molecule has 0 bridgehead atoms. The van der Waals surface area contributed by atoms with Crippen LogP contribution in [0.25, 0.3) is 5.82 Å². The molecule has 72 valence electrons. The maximum atomic E-state index is 4.25. The van der Waals surface area contributed by atoms with Gasteiger partial charge < -0.3 is 0 Å². The Morgan fingerprint density at radius 2 is 2.29 bits per heavy atom. The number of hydrogen-bond donors (Lipinski definition) is 0. The molecule has 0 radical (unpaired) electrons. The molecule has 0 saturated carbocycles. The highest BCUT2D eigenvalue weighted by Crippen LogP contribution is 2.07. The average Bonchev–Trinajstić information content (AvgIpc) is 2.71. The van der Waals surface area contributed by atoms with Gasteiger partial charge in [0.25, 0.3) is 0 Å². The van der Waals surface area contributed by atoms with Gasteiger partial charge in [-0.15, -0.1) is 0 Å². The minimum atomic E-state index is 0.869. The molecule has 3 nitrogen and oxygen atoms in total. The molecular formula is C10H10BrN3. The zero-order valence-electron chi connectivity index (χ0n) is 7.60. The predicted octanol–water partition coefficient (Wildman–Crippen LogP) is 2.20. The topological polar surface area (TPSA) is 30.7 Å². The summed E-state index contributed by atoms with van der Waals surface area (Å²) < 4.78 is 1.76. The maximum absolute atomic E-state index is 4.25. The van der Waals surface area contributed by atoms with Gasteiger partial charge in [-0.05, 0) is 30.2 Å². The molecule has 0 amide bonds. The Bertz CT molecular complexity index is 398. The summed E-state index contributed by atoms with van der Waals surface area (Å²) >= 11 is 3.42. The van der Waals surface area contributed by atoms with Crippen molar-refractivity contribution in [1.29, 1.82) is 0 Å². The van der Waals surface area contributed by atoms with Crippen LogP contribution in [-0.4, -0.2) is 20.1 Å². The normalized spacial score (nSPS) is 10.4. The Morgan fingerprint density at radius 1 is 1.36 bits per heavy atom. The van der Waals surface area contributed by atoms with Gasteiger partial charge in [0.1, 0.15) is 0 Å². The summed E-state index contributed by atoms with van der Waals surface area (Å²) in [6.45, 7) is 0. The summed E-state index contributed by atoms with van der Waals surface area (Å²) in [5, 5.41) is 5.10. The minimum Gasteiger partial charge on any atom is -0.237 e. The van der Waals surface area contributed by atoms with Crippen LogP contribution in [-0.2, 0) is 6.42 Å².